The van der Waals surface area contributed by atoms with Gasteiger partial charge in [0.15, 0.2) is 6.10 Å². The molecule has 28 heavy (non-hydrogen) atoms. The van der Waals surface area contributed by atoms with E-state index in [1.54, 1.807) is 36.3 Å². The number of ether oxygens (including phenoxy) is 4. The van der Waals surface area contributed by atoms with Gasteiger partial charge in [0.05, 0.1) is 33.3 Å². The van der Waals surface area contributed by atoms with Gasteiger partial charge in [-0.15, -0.1) is 0 Å². The van der Waals surface area contributed by atoms with Gasteiger partial charge in [-0.05, 0) is 30.7 Å². The number of benzene rings is 1. The molecule has 0 spiro atoms. The maximum absolute atomic E-state index is 12.7. The molecule has 0 unspecified atom stereocenters. The molecule has 1 N–H and O–H groups in total. The summed E-state index contributed by atoms with van der Waals surface area (Å²) in [6, 6.07) is 5.34. The van der Waals surface area contributed by atoms with Crippen molar-refractivity contribution in [1.82, 2.24) is 5.32 Å². The molecule has 0 radical (unpaired) electrons. The number of nitrogens with zero attached hydrogens (tertiary/aromatic N) is 1. The van der Waals surface area contributed by atoms with Gasteiger partial charge in [-0.3, -0.25) is 19.7 Å². The number of amides is 1. The Balaban J connectivity index is 1.92. The van der Waals surface area contributed by atoms with Crippen LogP contribution < -0.4 is 15.0 Å². The molecule has 152 valence electrons. The van der Waals surface area contributed by atoms with Crippen LogP contribution in [0.1, 0.15) is 6.42 Å². The summed E-state index contributed by atoms with van der Waals surface area (Å²) in [6.45, 7) is 0. The second-order valence-electron chi connectivity index (χ2n) is 6.69. The van der Waals surface area contributed by atoms with Crippen LogP contribution in [-0.4, -0.2) is 70.5 Å². The number of hydrogen-bond acceptors (Lipinski definition) is 8. The van der Waals surface area contributed by atoms with Crippen molar-refractivity contribution in [2.24, 2.45) is 5.92 Å². The highest BCUT2D eigenvalue weighted by atomic mass is 16.5. The lowest BCUT2D eigenvalue weighted by atomic mass is 9.83. The first kappa shape index (κ1) is 20.1. The summed E-state index contributed by atoms with van der Waals surface area (Å²) in [5, 5.41) is 3.14. The second-order valence-corrected chi connectivity index (χ2v) is 6.69. The van der Waals surface area contributed by atoms with Crippen LogP contribution in [0.25, 0.3) is 0 Å². The number of anilines is 1. The van der Waals surface area contributed by atoms with E-state index in [-0.39, 0.29) is 12.3 Å². The minimum Gasteiger partial charge on any atom is -0.497 e. The quantitative estimate of drug-likeness (QED) is 0.538. The number of hydrogen-bond donors (Lipinski definition) is 1. The average molecular weight is 392 g/mol. The highest BCUT2D eigenvalue weighted by Gasteiger charge is 2.58. The zero-order valence-electron chi connectivity index (χ0n) is 16.2. The van der Waals surface area contributed by atoms with Crippen molar-refractivity contribution in [3.8, 4) is 5.75 Å². The first-order valence-electron chi connectivity index (χ1n) is 8.88. The van der Waals surface area contributed by atoms with E-state index in [4.69, 9.17) is 18.9 Å². The van der Waals surface area contributed by atoms with Crippen LogP contribution in [0.4, 0.5) is 5.69 Å². The van der Waals surface area contributed by atoms with E-state index in [1.165, 1.54) is 21.3 Å². The fraction of sp³-hybridized carbons (Fsp3) is 0.526. The number of carbonyl (C=O) groups excluding carboxylic acids is 3. The zero-order chi connectivity index (χ0) is 20.4. The van der Waals surface area contributed by atoms with Gasteiger partial charge in [0.2, 0.25) is 0 Å². The average Bonchev–Trinajstić information content (AvgIpc) is 3.16. The van der Waals surface area contributed by atoms with E-state index in [0.717, 1.165) is 0 Å². The summed E-state index contributed by atoms with van der Waals surface area (Å²) < 4.78 is 20.3. The minimum atomic E-state index is -0.733. The van der Waals surface area contributed by atoms with Crippen molar-refractivity contribution in [1.29, 1.82) is 0 Å². The molecule has 0 saturated carbocycles. The van der Waals surface area contributed by atoms with Gasteiger partial charge < -0.3 is 23.8 Å². The third-order valence-electron chi connectivity index (χ3n) is 5.37. The molecule has 9 nitrogen and oxygen atoms in total. The smallest absolute Gasteiger partial charge is 0.322 e. The summed E-state index contributed by atoms with van der Waals surface area (Å²) in [4.78, 5) is 38.6. The van der Waals surface area contributed by atoms with Crippen LogP contribution in [0.15, 0.2) is 24.3 Å². The summed E-state index contributed by atoms with van der Waals surface area (Å²) in [7, 11) is 5.59. The number of methoxy groups -OCH3 is 4. The molecule has 9 heteroatoms. The first-order valence-corrected chi connectivity index (χ1v) is 8.88. The number of esters is 2. The maximum atomic E-state index is 12.7. The van der Waals surface area contributed by atoms with E-state index in [2.05, 4.69) is 5.32 Å². The molecule has 2 fully saturated rings. The predicted octanol–water partition coefficient (Wildman–Crippen LogP) is 0.118. The fourth-order valence-electron chi connectivity index (χ4n) is 3.97. The highest BCUT2D eigenvalue weighted by Crippen LogP contribution is 2.38. The van der Waals surface area contributed by atoms with Gasteiger partial charge in [-0.1, -0.05) is 0 Å². The third kappa shape index (κ3) is 3.31. The van der Waals surface area contributed by atoms with Crippen molar-refractivity contribution >= 4 is 23.5 Å². The Morgan fingerprint density at radius 1 is 1.04 bits per heavy atom. The molecule has 0 aromatic heterocycles. The van der Waals surface area contributed by atoms with Crippen LogP contribution >= 0.6 is 0 Å². The molecule has 3 rings (SSSR count). The monoisotopic (exact) mass is 392 g/mol. The van der Waals surface area contributed by atoms with Crippen molar-refractivity contribution < 1.29 is 33.3 Å². The number of rotatable bonds is 6. The van der Waals surface area contributed by atoms with Crippen LogP contribution in [0.3, 0.4) is 0 Å². The summed E-state index contributed by atoms with van der Waals surface area (Å²) >= 11 is 0. The lowest BCUT2D eigenvalue weighted by Gasteiger charge is -2.49. The molecule has 0 bridgehead atoms. The molecule has 2 saturated heterocycles. The van der Waals surface area contributed by atoms with E-state index < -0.39 is 42.1 Å². The Morgan fingerprint density at radius 3 is 2.21 bits per heavy atom. The van der Waals surface area contributed by atoms with Gasteiger partial charge in [-0.25, -0.2) is 0 Å². The SMILES string of the molecule is COC(=O)[C@H]1C[C@@H](C(=O)OC)[C@@H]([C@H]2[C@@H](OC)C(=O)N2c2ccc(OC)cc2)N1. The Labute approximate surface area is 162 Å². The Kier molecular flexibility index (Phi) is 5.85. The van der Waals surface area contributed by atoms with Crippen LogP contribution in [0.5, 0.6) is 5.75 Å². The second kappa shape index (κ2) is 8.15. The normalized spacial score (nSPS) is 29.2. The van der Waals surface area contributed by atoms with Crippen molar-refractivity contribution in [3.05, 3.63) is 24.3 Å². The predicted molar refractivity (Wildman–Crippen MR) is 97.9 cm³/mol. The maximum Gasteiger partial charge on any atom is 0.322 e. The van der Waals surface area contributed by atoms with Gasteiger partial charge >= 0.3 is 11.9 Å². The Hall–Kier alpha value is -2.65. The van der Waals surface area contributed by atoms with E-state index >= 15 is 0 Å². The summed E-state index contributed by atoms with van der Waals surface area (Å²) in [5.41, 5.74) is 0.649. The molecule has 2 heterocycles. The topological polar surface area (TPSA) is 103 Å². The van der Waals surface area contributed by atoms with Gasteiger partial charge in [0.1, 0.15) is 11.8 Å². The first-order chi connectivity index (χ1) is 13.5. The Morgan fingerprint density at radius 2 is 1.68 bits per heavy atom. The molecule has 1 aromatic carbocycles. The highest BCUT2D eigenvalue weighted by molar-refractivity contribution is 6.05. The molecule has 2 aliphatic rings. The van der Waals surface area contributed by atoms with Gasteiger partial charge in [-0.2, -0.15) is 0 Å². The number of carbonyl (C=O) groups is 3. The van der Waals surface area contributed by atoms with Crippen molar-refractivity contribution in [2.45, 2.75) is 30.7 Å². The molecule has 1 amide bonds. The lowest BCUT2D eigenvalue weighted by Crippen LogP contribution is -2.73. The van der Waals surface area contributed by atoms with Crippen molar-refractivity contribution in [3.63, 3.8) is 0 Å². The van der Waals surface area contributed by atoms with E-state index in [9.17, 15) is 14.4 Å². The largest absolute Gasteiger partial charge is 0.497 e. The van der Waals surface area contributed by atoms with Crippen LogP contribution in [0.2, 0.25) is 0 Å². The minimum absolute atomic E-state index is 0.218. The number of β-lactam (4-membered cyclic amide) rings is 1. The molecule has 2 aliphatic heterocycles. The van der Waals surface area contributed by atoms with Gasteiger partial charge in [0.25, 0.3) is 5.91 Å². The van der Waals surface area contributed by atoms with Crippen LogP contribution in [-0.2, 0) is 28.6 Å². The van der Waals surface area contributed by atoms with Crippen molar-refractivity contribution in [2.75, 3.05) is 33.3 Å². The van der Waals surface area contributed by atoms with Crippen LogP contribution in [0, 0.1) is 5.92 Å². The molecule has 1 aromatic rings. The molecule has 5 atom stereocenters. The molecular weight excluding hydrogens is 368 g/mol. The standard InChI is InChI=1S/C19H24N2O7/c1-25-11-7-5-10(6-8-11)21-15(16(26-2)17(21)22)14-12(18(23)27-3)9-13(20-14)19(24)28-4/h5-8,12-16,20H,9H2,1-4H3/t12-,13-,14+,15+,16-/m1/s1. The van der Waals surface area contributed by atoms with E-state index in [0.29, 0.717) is 11.4 Å². The lowest BCUT2D eigenvalue weighted by molar-refractivity contribution is -0.149. The number of nitrogens with one attached hydrogen (secondary N) is 1. The molecular formula is C19H24N2O7. The molecule has 0 aliphatic carbocycles. The zero-order valence-corrected chi connectivity index (χ0v) is 16.2. The fourth-order valence-corrected chi connectivity index (χ4v) is 3.97. The summed E-state index contributed by atoms with van der Waals surface area (Å²) in [6.07, 6.45) is -0.509. The summed E-state index contributed by atoms with van der Waals surface area (Å²) in [5.74, 6) is -1.09. The Bertz CT molecular complexity index is 751. The third-order valence-corrected chi connectivity index (χ3v) is 5.37. The van der Waals surface area contributed by atoms with Gasteiger partial charge in [0, 0.05) is 18.8 Å². The van der Waals surface area contributed by atoms with E-state index in [1.807, 2.05) is 0 Å².